The number of carboxylic acid groups (broad SMARTS) is 1. The van der Waals surface area contributed by atoms with Crippen molar-refractivity contribution in [2.75, 3.05) is 26.7 Å². The average Bonchev–Trinajstić information content (AvgIpc) is 3.05. The molecule has 0 saturated carbocycles. The number of hydrogen-bond donors (Lipinski definition) is 3. The Morgan fingerprint density at radius 1 is 1.33 bits per heavy atom. The van der Waals surface area contributed by atoms with Gasteiger partial charge in [0.05, 0.1) is 5.56 Å². The molecule has 3 N–H and O–H groups in total. The molecule has 0 aromatic carbocycles. The third-order valence-corrected chi connectivity index (χ3v) is 4.61. The van der Waals surface area contributed by atoms with Gasteiger partial charge in [0.1, 0.15) is 5.52 Å². The summed E-state index contributed by atoms with van der Waals surface area (Å²) in [7, 11) is 1.73. The monoisotopic (exact) mass is 332 g/mol. The predicted molar refractivity (Wildman–Crippen MR) is 88.2 cm³/mol. The van der Waals surface area contributed by atoms with Gasteiger partial charge in [-0.2, -0.15) is 0 Å². The summed E-state index contributed by atoms with van der Waals surface area (Å²) >= 11 is 0. The number of aromatic nitrogens is 2. The molecule has 3 heterocycles. The summed E-state index contributed by atoms with van der Waals surface area (Å²) in [5.41, 5.74) is 0.593. The van der Waals surface area contributed by atoms with Crippen molar-refractivity contribution in [1.29, 1.82) is 0 Å². The van der Waals surface area contributed by atoms with Crippen LogP contribution in [0.3, 0.4) is 0 Å². The van der Waals surface area contributed by atoms with Gasteiger partial charge in [-0.1, -0.05) is 0 Å². The molecule has 0 aliphatic carbocycles. The van der Waals surface area contributed by atoms with Gasteiger partial charge in [-0.15, -0.1) is 0 Å². The second kappa shape index (κ2) is 6.38. The Morgan fingerprint density at radius 3 is 2.71 bits per heavy atom. The minimum atomic E-state index is -0.888. The zero-order chi connectivity index (χ0) is 17.3. The van der Waals surface area contributed by atoms with E-state index in [0.29, 0.717) is 36.1 Å². The van der Waals surface area contributed by atoms with Gasteiger partial charge in [-0.3, -0.25) is 9.59 Å². The van der Waals surface area contributed by atoms with Crippen LogP contribution in [0.4, 0.5) is 4.79 Å². The number of carbonyl (C=O) groups is 2. The van der Waals surface area contributed by atoms with Crippen LogP contribution in [-0.2, 0) is 0 Å². The van der Waals surface area contributed by atoms with E-state index in [9.17, 15) is 14.4 Å². The number of piperidine rings is 1. The van der Waals surface area contributed by atoms with Crippen LogP contribution in [0.2, 0.25) is 0 Å². The summed E-state index contributed by atoms with van der Waals surface area (Å²) in [5.74, 6) is 0.121. The SMILES string of the molecule is CN(CC1CCN(C(=O)O)CC1)C(=O)c1c[nH]c(=O)c2[nH]ccc12. The molecule has 2 aromatic rings. The highest BCUT2D eigenvalue weighted by atomic mass is 16.4. The van der Waals surface area contributed by atoms with E-state index in [1.807, 2.05) is 0 Å². The lowest BCUT2D eigenvalue weighted by Gasteiger charge is -2.32. The summed E-state index contributed by atoms with van der Waals surface area (Å²) < 4.78 is 0. The van der Waals surface area contributed by atoms with Gasteiger partial charge in [-0.05, 0) is 24.8 Å². The highest BCUT2D eigenvalue weighted by Crippen LogP contribution is 2.20. The van der Waals surface area contributed by atoms with Gasteiger partial charge in [0.2, 0.25) is 0 Å². The molecule has 1 aliphatic heterocycles. The number of carbonyl (C=O) groups excluding carboxylic acids is 1. The van der Waals surface area contributed by atoms with Gasteiger partial charge < -0.3 is 24.9 Å². The first-order chi connectivity index (χ1) is 11.5. The lowest BCUT2D eigenvalue weighted by molar-refractivity contribution is 0.0734. The highest BCUT2D eigenvalue weighted by Gasteiger charge is 2.25. The first-order valence-corrected chi connectivity index (χ1v) is 7.89. The summed E-state index contributed by atoms with van der Waals surface area (Å²) in [5, 5.41) is 9.58. The second-order valence-electron chi connectivity index (χ2n) is 6.20. The van der Waals surface area contributed by atoms with Gasteiger partial charge >= 0.3 is 6.09 Å². The van der Waals surface area contributed by atoms with Gasteiger partial charge in [-0.25, -0.2) is 4.79 Å². The summed E-state index contributed by atoms with van der Waals surface area (Å²) in [6.07, 6.45) is 3.69. The number of rotatable bonds is 3. The number of hydrogen-bond acceptors (Lipinski definition) is 3. The van der Waals surface area contributed by atoms with E-state index in [4.69, 9.17) is 5.11 Å². The fourth-order valence-electron chi connectivity index (χ4n) is 3.23. The Morgan fingerprint density at radius 2 is 2.04 bits per heavy atom. The van der Waals surface area contributed by atoms with Crippen LogP contribution in [0.5, 0.6) is 0 Å². The molecular formula is C16H20N4O4. The molecule has 0 bridgehead atoms. The van der Waals surface area contributed by atoms with Crippen molar-refractivity contribution in [2.45, 2.75) is 12.8 Å². The van der Waals surface area contributed by atoms with Crippen molar-refractivity contribution in [3.8, 4) is 0 Å². The maximum atomic E-state index is 12.7. The molecule has 8 nitrogen and oxygen atoms in total. The lowest BCUT2D eigenvalue weighted by atomic mass is 9.96. The third kappa shape index (κ3) is 2.99. The number of H-pyrrole nitrogens is 2. The molecular weight excluding hydrogens is 312 g/mol. The number of aromatic amines is 2. The molecule has 3 rings (SSSR count). The zero-order valence-corrected chi connectivity index (χ0v) is 13.4. The van der Waals surface area contributed by atoms with Crippen LogP contribution in [0.25, 0.3) is 10.9 Å². The van der Waals surface area contributed by atoms with Crippen molar-refractivity contribution < 1.29 is 14.7 Å². The smallest absolute Gasteiger partial charge is 0.407 e. The van der Waals surface area contributed by atoms with Crippen molar-refractivity contribution in [1.82, 2.24) is 19.8 Å². The van der Waals surface area contributed by atoms with E-state index < -0.39 is 6.09 Å². The zero-order valence-electron chi connectivity index (χ0n) is 13.4. The van der Waals surface area contributed by atoms with Gasteiger partial charge in [0, 0.05) is 44.5 Å². The third-order valence-electron chi connectivity index (χ3n) is 4.61. The molecule has 1 aliphatic rings. The van der Waals surface area contributed by atoms with Crippen molar-refractivity contribution in [3.63, 3.8) is 0 Å². The molecule has 0 unspecified atom stereocenters. The van der Waals surface area contributed by atoms with E-state index in [-0.39, 0.29) is 17.4 Å². The Kier molecular flexibility index (Phi) is 4.28. The molecule has 0 radical (unpaired) electrons. The van der Waals surface area contributed by atoms with Crippen LogP contribution < -0.4 is 5.56 Å². The first-order valence-electron chi connectivity index (χ1n) is 7.89. The fourth-order valence-corrected chi connectivity index (χ4v) is 3.23. The van der Waals surface area contributed by atoms with Crippen LogP contribution in [0, 0.1) is 5.92 Å². The summed E-state index contributed by atoms with van der Waals surface area (Å²) in [6.45, 7) is 1.57. The quantitative estimate of drug-likeness (QED) is 0.787. The molecule has 128 valence electrons. The highest BCUT2D eigenvalue weighted by molar-refractivity contribution is 6.05. The molecule has 1 fully saturated rings. The van der Waals surface area contributed by atoms with Crippen LogP contribution in [0.15, 0.2) is 23.3 Å². The Bertz CT molecular complexity index is 817. The maximum Gasteiger partial charge on any atom is 0.407 e. The fraction of sp³-hybridized carbons (Fsp3) is 0.438. The number of likely N-dealkylation sites (tertiary alicyclic amines) is 1. The number of pyridine rings is 1. The van der Waals surface area contributed by atoms with Crippen molar-refractivity contribution >= 4 is 22.9 Å². The summed E-state index contributed by atoms with van der Waals surface area (Å²) in [6, 6.07) is 1.72. The van der Waals surface area contributed by atoms with E-state index >= 15 is 0 Å². The number of nitrogens with one attached hydrogen (secondary N) is 2. The molecule has 1 saturated heterocycles. The van der Waals surface area contributed by atoms with Crippen LogP contribution in [0.1, 0.15) is 23.2 Å². The van der Waals surface area contributed by atoms with Crippen LogP contribution in [-0.4, -0.2) is 63.6 Å². The lowest BCUT2D eigenvalue weighted by Crippen LogP contribution is -2.41. The number of nitrogens with zero attached hydrogens (tertiary/aromatic N) is 2. The Balaban J connectivity index is 1.69. The predicted octanol–water partition coefficient (Wildman–Crippen LogP) is 1.32. The first kappa shape index (κ1) is 16.1. The molecule has 2 amide bonds. The van der Waals surface area contributed by atoms with E-state index in [1.165, 1.54) is 11.1 Å². The maximum absolute atomic E-state index is 12.7. The van der Waals surface area contributed by atoms with Crippen molar-refractivity contribution in [3.05, 3.63) is 34.4 Å². The minimum absolute atomic E-state index is 0.156. The van der Waals surface area contributed by atoms with Gasteiger partial charge in [0.25, 0.3) is 11.5 Å². The molecule has 2 aromatic heterocycles. The topological polar surface area (TPSA) is 110 Å². The Hall–Kier alpha value is -2.77. The summed E-state index contributed by atoms with van der Waals surface area (Å²) in [4.78, 5) is 43.8. The van der Waals surface area contributed by atoms with E-state index in [0.717, 1.165) is 12.8 Å². The molecule has 8 heteroatoms. The van der Waals surface area contributed by atoms with E-state index in [1.54, 1.807) is 24.2 Å². The largest absolute Gasteiger partial charge is 0.465 e. The van der Waals surface area contributed by atoms with Gasteiger partial charge in [0.15, 0.2) is 0 Å². The Labute approximate surface area is 138 Å². The van der Waals surface area contributed by atoms with Crippen molar-refractivity contribution in [2.24, 2.45) is 5.92 Å². The second-order valence-corrected chi connectivity index (χ2v) is 6.20. The van der Waals surface area contributed by atoms with Crippen LogP contribution >= 0.6 is 0 Å². The minimum Gasteiger partial charge on any atom is -0.465 e. The molecule has 0 atom stereocenters. The standard InChI is InChI=1S/C16H20N4O4/c1-19(9-10-3-6-20(7-4-10)16(23)24)15(22)12-8-18-14(21)13-11(12)2-5-17-13/h2,5,8,10,17H,3-4,6-7,9H2,1H3,(H,18,21)(H,23,24). The molecule has 0 spiro atoms. The normalized spacial score (nSPS) is 15.6. The average molecular weight is 332 g/mol. The van der Waals surface area contributed by atoms with E-state index in [2.05, 4.69) is 9.97 Å². The molecule has 24 heavy (non-hydrogen) atoms. The number of fused-ring (bicyclic) bond motifs is 1. The number of amides is 2.